The van der Waals surface area contributed by atoms with Crippen molar-refractivity contribution in [1.82, 2.24) is 0 Å². The molecular formula is C14H22O3SSi. The summed E-state index contributed by atoms with van der Waals surface area (Å²) in [6.45, 7) is 8.95. The van der Waals surface area contributed by atoms with Gasteiger partial charge >= 0.3 is 0 Å². The molecule has 2 rings (SSSR count). The molecule has 1 aliphatic carbocycles. The van der Waals surface area contributed by atoms with Crippen LogP contribution in [0, 0.1) is 0 Å². The van der Waals surface area contributed by atoms with Crippen molar-refractivity contribution in [2.24, 2.45) is 0 Å². The van der Waals surface area contributed by atoms with Crippen molar-refractivity contribution < 1.29 is 12.6 Å². The van der Waals surface area contributed by atoms with Gasteiger partial charge < -0.3 is 0 Å². The minimum absolute atomic E-state index is 0.0356. The molecule has 0 N–H and O–H groups in total. The second-order valence-electron chi connectivity index (χ2n) is 6.64. The molecule has 1 fully saturated rings. The normalized spacial score (nSPS) is 27.3. The van der Waals surface area contributed by atoms with Crippen LogP contribution in [0.1, 0.15) is 18.9 Å². The molecule has 19 heavy (non-hydrogen) atoms. The summed E-state index contributed by atoms with van der Waals surface area (Å²) < 4.78 is 29.5. The smallest absolute Gasteiger partial charge is 0.266 e. The van der Waals surface area contributed by atoms with Gasteiger partial charge in [0.1, 0.15) is 5.75 Å². The average molecular weight is 298 g/mol. The van der Waals surface area contributed by atoms with E-state index >= 15 is 0 Å². The molecule has 0 aliphatic heterocycles. The topological polar surface area (TPSA) is 43.4 Å². The van der Waals surface area contributed by atoms with Crippen molar-refractivity contribution in [3.63, 3.8) is 0 Å². The van der Waals surface area contributed by atoms with Gasteiger partial charge in [0.2, 0.25) is 0 Å². The molecular weight excluding hydrogens is 276 g/mol. The molecule has 0 bridgehead atoms. The summed E-state index contributed by atoms with van der Waals surface area (Å²) in [5.41, 5.74) is 0.776. The molecule has 0 aromatic heterocycles. The Balaban J connectivity index is 2.01. The SMILES string of the molecule is CC1([Si](C)(C)C)CC1OS(=O)(=O)Cc1ccccc1. The first-order valence-corrected chi connectivity index (χ1v) is 11.7. The predicted molar refractivity (Wildman–Crippen MR) is 80.3 cm³/mol. The zero-order valence-electron chi connectivity index (χ0n) is 12.0. The third-order valence-corrected chi connectivity index (χ3v) is 9.49. The van der Waals surface area contributed by atoms with Gasteiger partial charge in [0.25, 0.3) is 10.1 Å². The van der Waals surface area contributed by atoms with Crippen LogP contribution in [0.3, 0.4) is 0 Å². The lowest BCUT2D eigenvalue weighted by molar-refractivity contribution is 0.292. The van der Waals surface area contributed by atoms with Crippen molar-refractivity contribution in [1.29, 1.82) is 0 Å². The van der Waals surface area contributed by atoms with Gasteiger partial charge in [-0.15, -0.1) is 0 Å². The Bertz CT molecular complexity index is 548. The van der Waals surface area contributed by atoms with Gasteiger partial charge in [-0.2, -0.15) is 8.42 Å². The molecule has 3 nitrogen and oxygen atoms in total. The lowest BCUT2D eigenvalue weighted by Crippen LogP contribution is -2.31. The van der Waals surface area contributed by atoms with E-state index in [2.05, 4.69) is 26.6 Å². The Hall–Kier alpha value is -0.653. The third kappa shape index (κ3) is 3.27. The second kappa shape index (κ2) is 4.72. The molecule has 1 aliphatic rings. The highest BCUT2D eigenvalue weighted by atomic mass is 32.2. The molecule has 0 amide bonds. The summed E-state index contributed by atoms with van der Waals surface area (Å²) >= 11 is 0. The quantitative estimate of drug-likeness (QED) is 0.618. The van der Waals surface area contributed by atoms with Crippen LogP contribution in [-0.4, -0.2) is 22.6 Å². The number of hydrogen-bond acceptors (Lipinski definition) is 3. The highest BCUT2D eigenvalue weighted by Gasteiger charge is 2.60. The Morgan fingerprint density at radius 3 is 2.32 bits per heavy atom. The van der Waals surface area contributed by atoms with E-state index in [9.17, 15) is 8.42 Å². The minimum Gasteiger partial charge on any atom is -0.266 e. The molecule has 2 atom stereocenters. The maximum absolute atomic E-state index is 12.1. The van der Waals surface area contributed by atoms with Gasteiger partial charge in [0.05, 0.1) is 14.2 Å². The van der Waals surface area contributed by atoms with Crippen molar-refractivity contribution in [2.75, 3.05) is 0 Å². The first-order valence-electron chi connectivity index (χ1n) is 6.59. The molecule has 2 unspecified atom stereocenters. The van der Waals surface area contributed by atoms with Crippen LogP contribution < -0.4 is 0 Å². The van der Waals surface area contributed by atoms with Gasteiger partial charge in [0, 0.05) is 0 Å². The van der Waals surface area contributed by atoms with Gasteiger partial charge in [-0.25, -0.2) is 0 Å². The largest absolute Gasteiger partial charge is 0.271 e. The van der Waals surface area contributed by atoms with Crippen LogP contribution in [0.5, 0.6) is 0 Å². The summed E-state index contributed by atoms with van der Waals surface area (Å²) in [6.07, 6.45) is 0.754. The van der Waals surface area contributed by atoms with E-state index in [0.29, 0.717) is 0 Å². The summed E-state index contributed by atoms with van der Waals surface area (Å²) in [5, 5.41) is 0.0940. The van der Waals surface area contributed by atoms with E-state index in [-0.39, 0.29) is 16.9 Å². The molecule has 106 valence electrons. The van der Waals surface area contributed by atoms with Gasteiger partial charge in [-0.1, -0.05) is 56.9 Å². The fourth-order valence-electron chi connectivity index (χ4n) is 2.24. The Labute approximate surface area is 117 Å². The molecule has 1 aromatic carbocycles. The molecule has 0 saturated heterocycles. The lowest BCUT2D eigenvalue weighted by Gasteiger charge is -2.25. The second-order valence-corrected chi connectivity index (χ2v) is 13.9. The Morgan fingerprint density at radius 2 is 1.84 bits per heavy atom. The maximum atomic E-state index is 12.1. The van der Waals surface area contributed by atoms with E-state index in [4.69, 9.17) is 4.18 Å². The van der Waals surface area contributed by atoms with E-state index < -0.39 is 18.2 Å². The number of benzene rings is 1. The first-order chi connectivity index (χ1) is 8.64. The molecule has 1 saturated carbocycles. The van der Waals surface area contributed by atoms with Gasteiger partial charge in [-0.3, -0.25) is 4.18 Å². The van der Waals surface area contributed by atoms with E-state index in [1.54, 1.807) is 0 Å². The fraction of sp³-hybridized carbons (Fsp3) is 0.571. The molecule has 0 radical (unpaired) electrons. The first kappa shape index (κ1) is 14.7. The van der Waals surface area contributed by atoms with Gasteiger partial charge in [-0.05, 0) is 17.0 Å². The van der Waals surface area contributed by atoms with Crippen molar-refractivity contribution in [3.8, 4) is 0 Å². The standard InChI is InChI=1S/C14H22O3SSi/c1-14(19(2,3)4)10-13(14)17-18(15,16)11-12-8-6-5-7-9-12/h5-9,13H,10-11H2,1-4H3. The third-order valence-electron chi connectivity index (χ3n) is 4.32. The predicted octanol–water partition coefficient (Wildman–Crippen LogP) is 3.40. The number of rotatable bonds is 5. The summed E-state index contributed by atoms with van der Waals surface area (Å²) in [5.74, 6) is -0.0356. The maximum Gasteiger partial charge on any atom is 0.271 e. The molecule has 1 aromatic rings. The zero-order chi connectivity index (χ0) is 14.3. The molecule has 0 heterocycles. The van der Waals surface area contributed by atoms with Crippen LogP contribution in [0.15, 0.2) is 30.3 Å². The van der Waals surface area contributed by atoms with Crippen LogP contribution >= 0.6 is 0 Å². The Kier molecular flexibility index (Phi) is 3.66. The summed E-state index contributed by atoms with van der Waals surface area (Å²) in [4.78, 5) is 0. The molecule has 0 spiro atoms. The Morgan fingerprint density at radius 1 is 1.26 bits per heavy atom. The minimum atomic E-state index is -3.48. The zero-order valence-corrected chi connectivity index (χ0v) is 13.8. The van der Waals surface area contributed by atoms with Crippen LogP contribution in [0.25, 0.3) is 0 Å². The summed E-state index contributed by atoms with van der Waals surface area (Å²) in [6, 6.07) is 9.18. The fourth-order valence-corrected chi connectivity index (χ4v) is 5.46. The van der Waals surface area contributed by atoms with Crippen LogP contribution in [-0.2, 0) is 20.1 Å². The van der Waals surface area contributed by atoms with E-state index in [0.717, 1.165) is 12.0 Å². The lowest BCUT2D eigenvalue weighted by atomic mass is 10.2. The van der Waals surface area contributed by atoms with Gasteiger partial charge in [0.15, 0.2) is 0 Å². The summed E-state index contributed by atoms with van der Waals surface area (Å²) in [7, 11) is -4.87. The van der Waals surface area contributed by atoms with Crippen molar-refractivity contribution in [3.05, 3.63) is 35.9 Å². The van der Waals surface area contributed by atoms with E-state index in [1.165, 1.54) is 0 Å². The van der Waals surface area contributed by atoms with Crippen LogP contribution in [0.2, 0.25) is 24.7 Å². The van der Waals surface area contributed by atoms with Crippen molar-refractivity contribution in [2.45, 2.75) is 49.9 Å². The molecule has 5 heteroatoms. The van der Waals surface area contributed by atoms with Crippen LogP contribution in [0.4, 0.5) is 0 Å². The highest BCUT2D eigenvalue weighted by molar-refractivity contribution is 7.85. The number of hydrogen-bond donors (Lipinski definition) is 0. The van der Waals surface area contributed by atoms with Crippen molar-refractivity contribution >= 4 is 18.2 Å². The van der Waals surface area contributed by atoms with E-state index in [1.807, 2.05) is 30.3 Å². The highest BCUT2D eigenvalue weighted by Crippen LogP contribution is 2.62. The average Bonchev–Trinajstić information content (AvgIpc) is 2.89. The monoisotopic (exact) mass is 298 g/mol.